The first-order valence-electron chi connectivity index (χ1n) is 8.88. The summed E-state index contributed by atoms with van der Waals surface area (Å²) in [5.41, 5.74) is 2.50. The van der Waals surface area contributed by atoms with E-state index in [9.17, 15) is 4.79 Å². The molecule has 1 aromatic heterocycles. The minimum absolute atomic E-state index is 0.278. The molecule has 7 nitrogen and oxygen atoms in total. The van der Waals surface area contributed by atoms with E-state index in [0.717, 1.165) is 56.9 Å². The van der Waals surface area contributed by atoms with Gasteiger partial charge in [0.15, 0.2) is 0 Å². The van der Waals surface area contributed by atoms with Gasteiger partial charge in [0.05, 0.1) is 29.7 Å². The van der Waals surface area contributed by atoms with Gasteiger partial charge in [-0.1, -0.05) is 18.6 Å². The number of nitrogens with zero attached hydrogens (tertiary/aromatic N) is 4. The molecule has 0 saturated carbocycles. The first kappa shape index (κ1) is 17.6. The van der Waals surface area contributed by atoms with Crippen LogP contribution in [-0.4, -0.2) is 58.6 Å². The van der Waals surface area contributed by atoms with Crippen molar-refractivity contribution in [2.75, 3.05) is 32.8 Å². The number of esters is 1. The molecule has 1 saturated heterocycles. The zero-order valence-electron chi connectivity index (χ0n) is 14.6. The summed E-state index contributed by atoms with van der Waals surface area (Å²) in [6, 6.07) is 7.32. The molecular formula is C18H25N5O2. The molecule has 3 rings (SSSR count). The van der Waals surface area contributed by atoms with Crippen molar-refractivity contribution in [2.45, 2.75) is 26.3 Å². The van der Waals surface area contributed by atoms with Gasteiger partial charge in [-0.3, -0.25) is 4.90 Å². The molecule has 2 heterocycles. The van der Waals surface area contributed by atoms with Crippen LogP contribution in [0.3, 0.4) is 0 Å². The number of carbonyl (C=O) groups is 1. The Morgan fingerprint density at radius 3 is 2.72 bits per heavy atom. The highest BCUT2D eigenvalue weighted by molar-refractivity contribution is 5.89. The van der Waals surface area contributed by atoms with Crippen molar-refractivity contribution in [3.63, 3.8) is 0 Å². The molecule has 2 aromatic rings. The molecule has 0 unspecified atom stereocenters. The van der Waals surface area contributed by atoms with Crippen molar-refractivity contribution >= 4 is 5.97 Å². The van der Waals surface area contributed by atoms with Crippen LogP contribution in [-0.2, 0) is 11.3 Å². The fourth-order valence-electron chi connectivity index (χ4n) is 2.81. The molecule has 1 aromatic carbocycles. The second-order valence-electron chi connectivity index (χ2n) is 6.20. The van der Waals surface area contributed by atoms with Crippen molar-refractivity contribution in [2.24, 2.45) is 0 Å². The third-order valence-corrected chi connectivity index (χ3v) is 4.29. The SMILES string of the molecule is CCCCOC(=O)c1ccc(-n2nncc2CN2CCNCC2)cc1. The molecule has 1 aliphatic heterocycles. The molecule has 0 amide bonds. The van der Waals surface area contributed by atoms with Gasteiger partial charge in [0.1, 0.15) is 0 Å². The third-order valence-electron chi connectivity index (χ3n) is 4.29. The smallest absolute Gasteiger partial charge is 0.338 e. The van der Waals surface area contributed by atoms with Gasteiger partial charge in [0.25, 0.3) is 0 Å². The maximum Gasteiger partial charge on any atom is 0.338 e. The summed E-state index contributed by atoms with van der Waals surface area (Å²) in [6.45, 7) is 7.41. The summed E-state index contributed by atoms with van der Waals surface area (Å²) in [5, 5.41) is 11.6. The molecule has 0 atom stereocenters. The van der Waals surface area contributed by atoms with Gasteiger partial charge in [-0.05, 0) is 30.7 Å². The zero-order valence-corrected chi connectivity index (χ0v) is 14.6. The highest BCUT2D eigenvalue weighted by Crippen LogP contribution is 2.14. The van der Waals surface area contributed by atoms with Gasteiger partial charge in [-0.25, -0.2) is 9.48 Å². The normalized spacial score (nSPS) is 15.2. The second-order valence-corrected chi connectivity index (χ2v) is 6.20. The second kappa shape index (κ2) is 8.73. The Morgan fingerprint density at radius 1 is 1.24 bits per heavy atom. The van der Waals surface area contributed by atoms with E-state index in [0.29, 0.717) is 12.2 Å². The zero-order chi connectivity index (χ0) is 17.5. The van der Waals surface area contributed by atoms with E-state index in [-0.39, 0.29) is 5.97 Å². The molecule has 1 N–H and O–H groups in total. The molecule has 7 heteroatoms. The average molecular weight is 343 g/mol. The molecule has 1 fully saturated rings. The van der Waals surface area contributed by atoms with Crippen molar-refractivity contribution in [1.82, 2.24) is 25.2 Å². The summed E-state index contributed by atoms with van der Waals surface area (Å²) in [5.74, 6) is -0.278. The first-order valence-corrected chi connectivity index (χ1v) is 8.88. The maximum absolute atomic E-state index is 12.0. The number of piperazine rings is 1. The van der Waals surface area contributed by atoms with Crippen LogP contribution in [0.4, 0.5) is 0 Å². The van der Waals surface area contributed by atoms with Gasteiger partial charge in [-0.15, -0.1) is 5.10 Å². The molecule has 25 heavy (non-hydrogen) atoms. The topological polar surface area (TPSA) is 72.3 Å². The van der Waals surface area contributed by atoms with Gasteiger partial charge < -0.3 is 10.1 Å². The number of unbranched alkanes of at least 4 members (excludes halogenated alkanes) is 1. The Labute approximate surface area is 148 Å². The number of nitrogens with one attached hydrogen (secondary N) is 1. The Balaban J connectivity index is 1.66. The minimum Gasteiger partial charge on any atom is -0.462 e. The maximum atomic E-state index is 12.0. The Morgan fingerprint density at radius 2 is 2.00 bits per heavy atom. The van der Waals surface area contributed by atoms with Crippen LogP contribution >= 0.6 is 0 Å². The monoisotopic (exact) mass is 343 g/mol. The van der Waals surface area contributed by atoms with Crippen LogP contribution in [0.25, 0.3) is 5.69 Å². The first-order chi connectivity index (χ1) is 12.3. The summed E-state index contributed by atoms with van der Waals surface area (Å²) in [7, 11) is 0. The quantitative estimate of drug-likeness (QED) is 0.608. The van der Waals surface area contributed by atoms with Crippen LogP contribution in [0.1, 0.15) is 35.8 Å². The number of rotatable bonds is 7. The lowest BCUT2D eigenvalue weighted by molar-refractivity contribution is 0.0500. The molecule has 1 aliphatic rings. The van der Waals surface area contributed by atoms with E-state index in [1.165, 1.54) is 0 Å². The van der Waals surface area contributed by atoms with E-state index >= 15 is 0 Å². The summed E-state index contributed by atoms with van der Waals surface area (Å²) in [6.07, 6.45) is 3.70. The molecule has 0 bridgehead atoms. The number of aromatic nitrogens is 3. The van der Waals surface area contributed by atoms with E-state index in [4.69, 9.17) is 4.74 Å². The average Bonchev–Trinajstić information content (AvgIpc) is 3.11. The van der Waals surface area contributed by atoms with Crippen LogP contribution in [0.15, 0.2) is 30.5 Å². The van der Waals surface area contributed by atoms with Crippen molar-refractivity contribution in [1.29, 1.82) is 0 Å². The highest BCUT2D eigenvalue weighted by atomic mass is 16.5. The number of ether oxygens (including phenoxy) is 1. The largest absolute Gasteiger partial charge is 0.462 e. The fraction of sp³-hybridized carbons (Fsp3) is 0.500. The van der Waals surface area contributed by atoms with Gasteiger partial charge in [0, 0.05) is 32.7 Å². The summed E-state index contributed by atoms with van der Waals surface area (Å²) in [4.78, 5) is 14.4. The van der Waals surface area contributed by atoms with Crippen LogP contribution in [0, 0.1) is 0 Å². The number of benzene rings is 1. The molecule has 0 radical (unpaired) electrons. The fourth-order valence-corrected chi connectivity index (χ4v) is 2.81. The van der Waals surface area contributed by atoms with E-state index < -0.39 is 0 Å². The standard InChI is InChI=1S/C18H25N5O2/c1-2-3-12-25-18(24)15-4-6-16(7-5-15)23-17(13-20-21-23)14-22-10-8-19-9-11-22/h4-7,13,19H,2-3,8-12,14H2,1H3. The van der Waals surface area contributed by atoms with Gasteiger partial charge in [0.2, 0.25) is 0 Å². The lowest BCUT2D eigenvalue weighted by Crippen LogP contribution is -2.43. The van der Waals surface area contributed by atoms with E-state index in [1.54, 1.807) is 18.3 Å². The Hall–Kier alpha value is -2.25. The predicted molar refractivity (Wildman–Crippen MR) is 94.7 cm³/mol. The van der Waals surface area contributed by atoms with Crippen molar-refractivity contribution in [3.05, 3.63) is 41.7 Å². The Kier molecular flexibility index (Phi) is 6.14. The van der Waals surface area contributed by atoms with E-state index in [1.807, 2.05) is 16.8 Å². The lowest BCUT2D eigenvalue weighted by atomic mass is 10.2. The number of hydrogen-bond acceptors (Lipinski definition) is 6. The minimum atomic E-state index is -0.278. The van der Waals surface area contributed by atoms with Gasteiger partial charge >= 0.3 is 5.97 Å². The number of hydrogen-bond donors (Lipinski definition) is 1. The number of carbonyl (C=O) groups excluding carboxylic acids is 1. The van der Waals surface area contributed by atoms with Crippen LogP contribution in [0.2, 0.25) is 0 Å². The van der Waals surface area contributed by atoms with Crippen LogP contribution < -0.4 is 5.32 Å². The molecule has 0 spiro atoms. The Bertz CT molecular complexity index is 677. The van der Waals surface area contributed by atoms with E-state index in [2.05, 4.69) is 27.5 Å². The van der Waals surface area contributed by atoms with Gasteiger partial charge in [-0.2, -0.15) is 0 Å². The third kappa shape index (κ3) is 4.64. The lowest BCUT2D eigenvalue weighted by Gasteiger charge is -2.26. The predicted octanol–water partition coefficient (Wildman–Crippen LogP) is 1.63. The van der Waals surface area contributed by atoms with Crippen molar-refractivity contribution < 1.29 is 9.53 Å². The summed E-state index contributed by atoms with van der Waals surface area (Å²) >= 11 is 0. The van der Waals surface area contributed by atoms with Crippen molar-refractivity contribution in [3.8, 4) is 5.69 Å². The molecule has 0 aliphatic carbocycles. The molecule has 134 valence electrons. The van der Waals surface area contributed by atoms with Crippen LogP contribution in [0.5, 0.6) is 0 Å². The summed E-state index contributed by atoms with van der Waals surface area (Å²) < 4.78 is 7.06. The molecular weight excluding hydrogens is 318 g/mol. The highest BCUT2D eigenvalue weighted by Gasteiger charge is 2.14.